The lowest BCUT2D eigenvalue weighted by atomic mass is 10.1. The average molecular weight is 480 g/mol. The second-order valence-corrected chi connectivity index (χ2v) is 8.58. The Bertz CT molecular complexity index is 1210. The van der Waals surface area contributed by atoms with Crippen LogP contribution < -0.4 is 10.1 Å². The summed E-state index contributed by atoms with van der Waals surface area (Å²) in [7, 11) is 1.63. The standard InChI is InChI=1S/C24H22ClN5O2S/c1-16(17-3-5-19(25)6-4-17)27-22(31)15-33-24-29-28-23(18-11-13-26-14-12-18)30(24)20-7-9-21(32-2)10-8-20/h3-14,16H,15H2,1-2H3,(H,27,31). The van der Waals surface area contributed by atoms with Gasteiger partial charge in [-0.25, -0.2) is 0 Å². The lowest BCUT2D eigenvalue weighted by Gasteiger charge is -2.15. The number of methoxy groups -OCH3 is 1. The van der Waals surface area contributed by atoms with E-state index < -0.39 is 0 Å². The molecule has 0 saturated carbocycles. The van der Waals surface area contributed by atoms with Gasteiger partial charge in [-0.15, -0.1) is 10.2 Å². The van der Waals surface area contributed by atoms with E-state index in [0.29, 0.717) is 16.0 Å². The van der Waals surface area contributed by atoms with E-state index >= 15 is 0 Å². The number of hydrogen-bond acceptors (Lipinski definition) is 6. The van der Waals surface area contributed by atoms with Crippen molar-refractivity contribution in [3.05, 3.63) is 83.6 Å². The lowest BCUT2D eigenvalue weighted by Crippen LogP contribution is -2.28. The van der Waals surface area contributed by atoms with Gasteiger partial charge in [0.05, 0.1) is 18.9 Å². The number of benzene rings is 2. The maximum absolute atomic E-state index is 12.6. The minimum Gasteiger partial charge on any atom is -0.497 e. The van der Waals surface area contributed by atoms with Gasteiger partial charge >= 0.3 is 0 Å². The number of carbonyl (C=O) groups excluding carboxylic acids is 1. The van der Waals surface area contributed by atoms with E-state index in [-0.39, 0.29) is 17.7 Å². The lowest BCUT2D eigenvalue weighted by molar-refractivity contribution is -0.119. The molecule has 1 unspecified atom stereocenters. The zero-order valence-electron chi connectivity index (χ0n) is 18.1. The van der Waals surface area contributed by atoms with Crippen LogP contribution in [0.3, 0.4) is 0 Å². The summed E-state index contributed by atoms with van der Waals surface area (Å²) in [4.78, 5) is 16.7. The highest BCUT2D eigenvalue weighted by Crippen LogP contribution is 2.28. The normalized spacial score (nSPS) is 11.7. The summed E-state index contributed by atoms with van der Waals surface area (Å²) < 4.78 is 7.20. The quantitative estimate of drug-likeness (QED) is 0.360. The number of aromatic nitrogens is 4. The molecule has 2 aromatic carbocycles. The number of halogens is 1. The molecule has 4 aromatic rings. The molecule has 168 valence electrons. The Morgan fingerprint density at radius 1 is 1.06 bits per heavy atom. The van der Waals surface area contributed by atoms with E-state index in [1.54, 1.807) is 19.5 Å². The molecule has 0 fully saturated rings. The Labute approximate surface area is 201 Å². The van der Waals surface area contributed by atoms with Crippen molar-refractivity contribution in [3.8, 4) is 22.8 Å². The molecule has 2 aromatic heterocycles. The molecule has 0 aliphatic rings. The molecule has 0 aliphatic heterocycles. The van der Waals surface area contributed by atoms with Crippen LogP contribution in [0.4, 0.5) is 0 Å². The summed E-state index contributed by atoms with van der Waals surface area (Å²) in [6, 6.07) is 18.7. The van der Waals surface area contributed by atoms with Gasteiger partial charge in [-0.1, -0.05) is 35.5 Å². The molecule has 7 nitrogen and oxygen atoms in total. The topological polar surface area (TPSA) is 81.9 Å². The predicted molar refractivity (Wildman–Crippen MR) is 130 cm³/mol. The predicted octanol–water partition coefficient (Wildman–Crippen LogP) is 4.96. The molecule has 9 heteroatoms. The zero-order valence-corrected chi connectivity index (χ0v) is 19.7. The monoisotopic (exact) mass is 479 g/mol. The summed E-state index contributed by atoms with van der Waals surface area (Å²) in [6.45, 7) is 1.94. The largest absolute Gasteiger partial charge is 0.497 e. The van der Waals surface area contributed by atoms with Crippen LogP contribution in [0.2, 0.25) is 5.02 Å². The van der Waals surface area contributed by atoms with Crippen molar-refractivity contribution in [2.75, 3.05) is 12.9 Å². The third kappa shape index (κ3) is 5.53. The third-order valence-electron chi connectivity index (χ3n) is 4.98. The number of carbonyl (C=O) groups is 1. The molecule has 0 saturated heterocycles. The molecule has 2 heterocycles. The van der Waals surface area contributed by atoms with Crippen LogP contribution in [0, 0.1) is 0 Å². The van der Waals surface area contributed by atoms with Gasteiger partial charge in [-0.3, -0.25) is 14.3 Å². The van der Waals surface area contributed by atoms with Crippen LogP contribution in [0.15, 0.2) is 78.2 Å². The zero-order chi connectivity index (χ0) is 23.2. The number of amides is 1. The number of nitrogens with zero attached hydrogens (tertiary/aromatic N) is 4. The van der Waals surface area contributed by atoms with Gasteiger partial charge in [0.2, 0.25) is 5.91 Å². The van der Waals surface area contributed by atoms with Gasteiger partial charge in [0.1, 0.15) is 5.75 Å². The van der Waals surface area contributed by atoms with Crippen molar-refractivity contribution >= 4 is 29.3 Å². The summed E-state index contributed by atoms with van der Waals surface area (Å²) in [5.74, 6) is 1.52. The fourth-order valence-corrected chi connectivity index (χ4v) is 4.15. The molecule has 1 atom stereocenters. The number of rotatable bonds is 8. The molecular formula is C24H22ClN5O2S. The van der Waals surface area contributed by atoms with Crippen molar-refractivity contribution in [1.29, 1.82) is 0 Å². The minimum absolute atomic E-state index is 0.0998. The average Bonchev–Trinajstić information content (AvgIpc) is 3.27. The molecular weight excluding hydrogens is 458 g/mol. The molecule has 0 spiro atoms. The molecule has 0 bridgehead atoms. The molecule has 4 rings (SSSR count). The first-order valence-electron chi connectivity index (χ1n) is 10.2. The number of hydrogen-bond donors (Lipinski definition) is 1. The van der Waals surface area contributed by atoms with E-state index in [9.17, 15) is 4.79 Å². The molecule has 1 N–H and O–H groups in total. The van der Waals surface area contributed by atoms with Crippen LogP contribution >= 0.6 is 23.4 Å². The number of nitrogens with one attached hydrogen (secondary N) is 1. The van der Waals surface area contributed by atoms with Crippen molar-refractivity contribution in [2.24, 2.45) is 0 Å². The Hall–Kier alpha value is -3.36. The molecule has 0 radical (unpaired) electrons. The van der Waals surface area contributed by atoms with Crippen LogP contribution in [0.5, 0.6) is 5.75 Å². The van der Waals surface area contributed by atoms with Crippen LogP contribution in [0.25, 0.3) is 17.1 Å². The SMILES string of the molecule is COc1ccc(-n2c(SCC(=O)NC(C)c3ccc(Cl)cc3)nnc2-c2ccncc2)cc1. The van der Waals surface area contributed by atoms with E-state index in [1.807, 2.05) is 72.2 Å². The van der Waals surface area contributed by atoms with Crippen LogP contribution in [-0.4, -0.2) is 38.5 Å². The van der Waals surface area contributed by atoms with E-state index in [0.717, 1.165) is 22.6 Å². The van der Waals surface area contributed by atoms with Crippen molar-refractivity contribution in [1.82, 2.24) is 25.1 Å². The summed E-state index contributed by atoms with van der Waals surface area (Å²) in [5, 5.41) is 13.0. The Morgan fingerprint density at radius 2 is 1.76 bits per heavy atom. The Balaban J connectivity index is 1.54. The molecule has 1 amide bonds. The number of pyridine rings is 1. The Kier molecular flexibility index (Phi) is 7.26. The third-order valence-corrected chi connectivity index (χ3v) is 6.16. The first-order chi connectivity index (χ1) is 16.0. The summed E-state index contributed by atoms with van der Waals surface area (Å²) in [5.41, 5.74) is 2.73. The Morgan fingerprint density at radius 3 is 2.42 bits per heavy atom. The van der Waals surface area contributed by atoms with Crippen molar-refractivity contribution in [2.45, 2.75) is 18.1 Å². The highest BCUT2D eigenvalue weighted by atomic mass is 35.5. The van der Waals surface area contributed by atoms with E-state index in [1.165, 1.54) is 11.8 Å². The van der Waals surface area contributed by atoms with Gasteiger partial charge in [0.25, 0.3) is 0 Å². The second-order valence-electron chi connectivity index (χ2n) is 7.20. The van der Waals surface area contributed by atoms with Gasteiger partial charge in [0.15, 0.2) is 11.0 Å². The summed E-state index contributed by atoms with van der Waals surface area (Å²) >= 11 is 7.28. The van der Waals surface area contributed by atoms with Gasteiger partial charge < -0.3 is 10.1 Å². The minimum atomic E-state index is -0.137. The maximum atomic E-state index is 12.6. The summed E-state index contributed by atoms with van der Waals surface area (Å²) in [6.07, 6.45) is 3.42. The smallest absolute Gasteiger partial charge is 0.230 e. The van der Waals surface area contributed by atoms with Gasteiger partial charge in [-0.05, 0) is 61.0 Å². The van der Waals surface area contributed by atoms with Crippen LogP contribution in [-0.2, 0) is 4.79 Å². The highest BCUT2D eigenvalue weighted by molar-refractivity contribution is 7.99. The van der Waals surface area contributed by atoms with Gasteiger partial charge in [0, 0.05) is 28.7 Å². The van der Waals surface area contributed by atoms with Crippen molar-refractivity contribution < 1.29 is 9.53 Å². The first-order valence-corrected chi connectivity index (χ1v) is 11.6. The number of ether oxygens (including phenoxy) is 1. The first kappa shape index (κ1) is 22.8. The molecule has 0 aliphatic carbocycles. The fraction of sp³-hybridized carbons (Fsp3) is 0.167. The van der Waals surface area contributed by atoms with E-state index in [2.05, 4.69) is 20.5 Å². The van der Waals surface area contributed by atoms with Crippen LogP contribution in [0.1, 0.15) is 18.5 Å². The molecule has 33 heavy (non-hydrogen) atoms. The van der Waals surface area contributed by atoms with E-state index in [4.69, 9.17) is 16.3 Å². The number of thioether (sulfide) groups is 1. The second kappa shape index (κ2) is 10.5. The fourth-order valence-electron chi connectivity index (χ4n) is 3.26. The highest BCUT2D eigenvalue weighted by Gasteiger charge is 2.18. The maximum Gasteiger partial charge on any atom is 0.230 e. The van der Waals surface area contributed by atoms with Gasteiger partial charge in [-0.2, -0.15) is 0 Å². The van der Waals surface area contributed by atoms with Crippen molar-refractivity contribution in [3.63, 3.8) is 0 Å².